The third-order valence-electron chi connectivity index (χ3n) is 11.5. The summed E-state index contributed by atoms with van der Waals surface area (Å²) in [6.07, 6.45) is 7.80. The van der Waals surface area contributed by atoms with Crippen molar-refractivity contribution in [2.75, 3.05) is 0 Å². The van der Waals surface area contributed by atoms with Gasteiger partial charge in [-0.25, -0.2) is 14.5 Å². The van der Waals surface area contributed by atoms with E-state index < -0.39 is 0 Å². The smallest absolute Gasteiger partial charge is 0.230 e. The molecule has 9 aromatic rings. The molecule has 0 radical (unpaired) electrons. The first-order valence-corrected chi connectivity index (χ1v) is 20.0. The zero-order valence-electron chi connectivity index (χ0n) is 34.0. The Labute approximate surface area is 337 Å². The van der Waals surface area contributed by atoms with Crippen LogP contribution in [0.5, 0.6) is 0 Å². The molecule has 0 saturated carbocycles. The lowest BCUT2D eigenvalue weighted by molar-refractivity contribution is 0.663. The van der Waals surface area contributed by atoms with E-state index >= 15 is 0 Å². The van der Waals surface area contributed by atoms with Crippen molar-refractivity contribution in [1.82, 2.24) is 19.3 Å². The quantitative estimate of drug-likeness (QED) is 0.144. The highest BCUT2D eigenvalue weighted by atomic mass is 16.3. The Morgan fingerprint density at radius 2 is 1.29 bits per heavy atom. The minimum Gasteiger partial charge on any atom is -0.467 e. The number of furan rings is 2. The number of aromatic nitrogens is 4. The molecular weight excluding hydrogens is 717 g/mol. The van der Waals surface area contributed by atoms with E-state index in [-0.39, 0.29) is 11.8 Å². The van der Waals surface area contributed by atoms with Crippen molar-refractivity contribution < 1.29 is 8.83 Å². The maximum atomic E-state index is 10.5. The molecule has 4 aromatic heterocycles. The number of fused-ring (bicyclic) bond motifs is 7. The summed E-state index contributed by atoms with van der Waals surface area (Å²) in [7, 11) is 0. The van der Waals surface area contributed by atoms with Gasteiger partial charge in [0.25, 0.3) is 0 Å². The molecule has 0 aliphatic carbocycles. The number of hydrogen-bond donors (Lipinski definition) is 0. The normalized spacial score (nSPS) is 12.0. The Bertz CT molecular complexity index is 3120. The van der Waals surface area contributed by atoms with Crippen LogP contribution in [0.25, 0.3) is 82.6 Å². The van der Waals surface area contributed by atoms with Gasteiger partial charge in [-0.05, 0) is 87.9 Å². The SMILES string of the molecule is [C-]#[N+]c1cc(-c2nccn2-c2c(C(C)C)cccc2C(C)C)cc2c1oc1ccc3oc4c(C#N)cc(-n5cc(-c6c(C(C)C)cccc6C(C)C)cn5)cc4c3c12. The molecule has 0 bridgehead atoms. The molecular formula is C50H44N6O2. The molecule has 0 aliphatic rings. The number of rotatable bonds is 8. The van der Waals surface area contributed by atoms with Crippen molar-refractivity contribution in [2.45, 2.75) is 79.1 Å². The lowest BCUT2D eigenvalue weighted by Gasteiger charge is -2.22. The lowest BCUT2D eigenvalue weighted by atomic mass is 9.86. The van der Waals surface area contributed by atoms with Gasteiger partial charge < -0.3 is 8.83 Å². The topological polar surface area (TPSA) is 90.1 Å². The molecule has 0 aliphatic heterocycles. The molecule has 286 valence electrons. The van der Waals surface area contributed by atoms with E-state index in [0.29, 0.717) is 45.4 Å². The van der Waals surface area contributed by atoms with Crippen molar-refractivity contribution in [3.05, 3.63) is 137 Å². The highest BCUT2D eigenvalue weighted by molar-refractivity contribution is 6.27. The average molecular weight is 761 g/mol. The number of benzene rings is 5. The molecule has 0 fully saturated rings. The van der Waals surface area contributed by atoms with E-state index in [1.54, 1.807) is 0 Å². The molecule has 4 heterocycles. The van der Waals surface area contributed by atoms with Gasteiger partial charge in [-0.1, -0.05) is 91.8 Å². The van der Waals surface area contributed by atoms with Crippen molar-refractivity contribution in [2.24, 2.45) is 0 Å². The summed E-state index contributed by atoms with van der Waals surface area (Å²) < 4.78 is 17.0. The average Bonchev–Trinajstić information content (AvgIpc) is 4.04. The summed E-state index contributed by atoms with van der Waals surface area (Å²) in [6, 6.07) is 27.0. The Balaban J connectivity index is 1.28. The Morgan fingerprint density at radius 3 is 1.88 bits per heavy atom. The molecule has 5 aromatic carbocycles. The molecule has 0 saturated heterocycles. The Hall–Kier alpha value is -6.90. The van der Waals surface area contributed by atoms with Crippen LogP contribution in [-0.4, -0.2) is 19.3 Å². The molecule has 0 amide bonds. The van der Waals surface area contributed by atoms with E-state index in [0.717, 1.165) is 49.9 Å². The van der Waals surface area contributed by atoms with Gasteiger partial charge in [-0.2, -0.15) is 10.4 Å². The molecule has 9 rings (SSSR count). The minimum absolute atomic E-state index is 0.288. The first kappa shape index (κ1) is 36.7. The van der Waals surface area contributed by atoms with Crippen LogP contribution in [-0.2, 0) is 0 Å². The predicted molar refractivity (Wildman–Crippen MR) is 233 cm³/mol. The number of imidazole rings is 1. The molecule has 0 spiro atoms. The van der Waals surface area contributed by atoms with Crippen molar-refractivity contribution in [3.63, 3.8) is 0 Å². The number of nitriles is 1. The van der Waals surface area contributed by atoms with Crippen LogP contribution < -0.4 is 0 Å². The Kier molecular flexibility index (Phi) is 8.82. The Morgan fingerprint density at radius 1 is 0.707 bits per heavy atom. The second-order valence-corrected chi connectivity index (χ2v) is 16.5. The molecule has 8 heteroatoms. The van der Waals surface area contributed by atoms with Gasteiger partial charge in [0.2, 0.25) is 5.69 Å². The zero-order chi connectivity index (χ0) is 40.6. The van der Waals surface area contributed by atoms with Gasteiger partial charge in [-0.15, -0.1) is 0 Å². The molecule has 58 heavy (non-hydrogen) atoms. The van der Waals surface area contributed by atoms with E-state index in [9.17, 15) is 5.26 Å². The van der Waals surface area contributed by atoms with Gasteiger partial charge in [-0.3, -0.25) is 4.57 Å². The molecule has 8 nitrogen and oxygen atoms in total. The third-order valence-corrected chi connectivity index (χ3v) is 11.5. The standard InChI is InChI=1S/C50H44N6O2/c1-27(2)35-12-10-13-36(28(3)4)44(35)33-25-54-56(26-33)34-20-32(24-51)48-40(23-34)46-42(57-48)16-17-43-45(46)39-21-31(22-41(52-9)49(39)58-43)50-53-18-19-55(50)47-37(29(5)6)14-11-15-38(47)30(7)8/h10-23,25-30H,1-8H3. The first-order valence-electron chi connectivity index (χ1n) is 20.0. The summed E-state index contributed by atoms with van der Waals surface area (Å²) in [6.45, 7) is 26.0. The highest BCUT2D eigenvalue weighted by Gasteiger charge is 2.25. The van der Waals surface area contributed by atoms with Crippen molar-refractivity contribution in [3.8, 4) is 40.0 Å². The minimum atomic E-state index is 0.288. The monoisotopic (exact) mass is 760 g/mol. The maximum absolute atomic E-state index is 10.5. The van der Waals surface area contributed by atoms with Crippen LogP contribution in [0.4, 0.5) is 5.69 Å². The molecule has 0 atom stereocenters. The van der Waals surface area contributed by atoms with Gasteiger partial charge in [0.1, 0.15) is 28.6 Å². The molecule has 0 N–H and O–H groups in total. The number of hydrogen-bond acceptors (Lipinski definition) is 5. The third kappa shape index (κ3) is 5.71. The van der Waals surface area contributed by atoms with Crippen LogP contribution in [0.1, 0.15) is 107 Å². The highest BCUT2D eigenvalue weighted by Crippen LogP contribution is 2.46. The van der Waals surface area contributed by atoms with Crippen LogP contribution in [0, 0.1) is 17.9 Å². The summed E-state index contributed by atoms with van der Waals surface area (Å²) in [5.74, 6) is 1.98. The largest absolute Gasteiger partial charge is 0.467 e. The fraction of sp³-hybridized carbons (Fsp3) is 0.240. The van der Waals surface area contributed by atoms with Gasteiger partial charge in [0.15, 0.2) is 5.58 Å². The molecule has 0 unspecified atom stereocenters. The number of nitrogens with zero attached hydrogens (tertiary/aromatic N) is 6. The van der Waals surface area contributed by atoms with Gasteiger partial charge >= 0.3 is 0 Å². The van der Waals surface area contributed by atoms with Crippen LogP contribution in [0.15, 0.2) is 106 Å². The van der Waals surface area contributed by atoms with Crippen molar-refractivity contribution >= 4 is 49.6 Å². The fourth-order valence-corrected chi connectivity index (χ4v) is 8.70. The maximum Gasteiger partial charge on any atom is 0.230 e. The van der Waals surface area contributed by atoms with Crippen molar-refractivity contribution in [1.29, 1.82) is 5.26 Å². The fourth-order valence-electron chi connectivity index (χ4n) is 8.70. The summed E-state index contributed by atoms with van der Waals surface area (Å²) in [5, 5.41) is 18.5. The lowest BCUT2D eigenvalue weighted by Crippen LogP contribution is -2.07. The summed E-state index contributed by atoms with van der Waals surface area (Å²) >= 11 is 0. The van der Waals surface area contributed by atoms with Gasteiger partial charge in [0, 0.05) is 51.3 Å². The van der Waals surface area contributed by atoms with E-state index in [1.165, 1.54) is 27.8 Å². The van der Waals surface area contributed by atoms with E-state index in [1.807, 2.05) is 53.6 Å². The summed E-state index contributed by atoms with van der Waals surface area (Å²) in [5.41, 5.74) is 13.0. The number of para-hydroxylation sites is 1. The predicted octanol–water partition coefficient (Wildman–Crippen LogP) is 14.1. The van der Waals surface area contributed by atoms with Crippen LogP contribution >= 0.6 is 0 Å². The van der Waals surface area contributed by atoms with E-state index in [2.05, 4.69) is 120 Å². The van der Waals surface area contributed by atoms with Gasteiger partial charge in [0.05, 0.1) is 29.7 Å². The first-order chi connectivity index (χ1) is 28.0. The summed E-state index contributed by atoms with van der Waals surface area (Å²) in [4.78, 5) is 8.87. The van der Waals surface area contributed by atoms with Crippen LogP contribution in [0.3, 0.4) is 0 Å². The second kappa shape index (κ2) is 13.9. The van der Waals surface area contributed by atoms with E-state index in [4.69, 9.17) is 25.5 Å². The zero-order valence-corrected chi connectivity index (χ0v) is 34.0. The van der Waals surface area contributed by atoms with Crippen LogP contribution in [0.2, 0.25) is 0 Å². The second-order valence-electron chi connectivity index (χ2n) is 16.5.